The van der Waals surface area contributed by atoms with Crippen LogP contribution in [0, 0.1) is 0 Å². The van der Waals surface area contributed by atoms with Gasteiger partial charge in [-0.3, -0.25) is 0 Å². The van der Waals surface area contributed by atoms with Crippen molar-refractivity contribution in [2.75, 3.05) is 44.9 Å². The van der Waals surface area contributed by atoms with E-state index in [1.807, 2.05) is 12.1 Å². The number of hydrogen-bond donors (Lipinski definition) is 2. The molecule has 0 radical (unpaired) electrons. The minimum absolute atomic E-state index is 0.0928. The van der Waals surface area contributed by atoms with Crippen LogP contribution in [0.3, 0.4) is 0 Å². The third-order valence-electron chi connectivity index (χ3n) is 2.89. The zero-order valence-electron chi connectivity index (χ0n) is 11.7. The molecule has 0 unspecified atom stereocenters. The second kappa shape index (κ2) is 9.15. The largest absolute Gasteiger partial charge is 0.395 e. The molecule has 0 atom stereocenters. The van der Waals surface area contributed by atoms with Gasteiger partial charge < -0.3 is 20.1 Å². The molecule has 0 bridgehead atoms. The summed E-state index contributed by atoms with van der Waals surface area (Å²) in [6, 6.07) is 5.89. The van der Waals surface area contributed by atoms with E-state index in [2.05, 4.69) is 23.2 Å². The third kappa shape index (κ3) is 4.99. The first-order valence-electron chi connectivity index (χ1n) is 6.57. The summed E-state index contributed by atoms with van der Waals surface area (Å²) in [6.45, 7) is 5.69. The fourth-order valence-electron chi connectivity index (χ4n) is 1.97. The molecule has 0 aliphatic rings. The van der Waals surface area contributed by atoms with Crippen molar-refractivity contribution >= 4 is 17.3 Å². The summed E-state index contributed by atoms with van der Waals surface area (Å²) in [5.74, 6) is 0. The number of anilines is 1. The van der Waals surface area contributed by atoms with Gasteiger partial charge in [-0.2, -0.15) is 0 Å². The lowest BCUT2D eigenvalue weighted by Gasteiger charge is -2.27. The Morgan fingerprint density at radius 2 is 2.16 bits per heavy atom. The number of nitrogens with one attached hydrogen (secondary N) is 1. The number of ether oxygens (including phenoxy) is 1. The Morgan fingerprint density at radius 3 is 2.79 bits per heavy atom. The molecule has 0 saturated heterocycles. The van der Waals surface area contributed by atoms with Crippen molar-refractivity contribution in [1.82, 2.24) is 5.32 Å². The van der Waals surface area contributed by atoms with E-state index in [9.17, 15) is 5.11 Å². The molecule has 0 spiro atoms. The Labute approximate surface area is 120 Å². The third-order valence-corrected chi connectivity index (χ3v) is 3.19. The molecule has 0 aliphatic heterocycles. The van der Waals surface area contributed by atoms with Crippen LogP contribution >= 0.6 is 11.6 Å². The number of para-hydroxylation sites is 1. The summed E-state index contributed by atoms with van der Waals surface area (Å²) in [5.41, 5.74) is 2.12. The summed E-state index contributed by atoms with van der Waals surface area (Å²) < 4.78 is 5.12. The molecule has 0 aromatic heterocycles. The number of nitrogens with zero attached hydrogens (tertiary/aromatic N) is 1. The minimum Gasteiger partial charge on any atom is -0.395 e. The van der Waals surface area contributed by atoms with E-state index in [0.717, 1.165) is 24.3 Å². The van der Waals surface area contributed by atoms with Gasteiger partial charge in [0.1, 0.15) is 0 Å². The molecule has 19 heavy (non-hydrogen) atoms. The molecule has 1 aromatic carbocycles. The standard InChI is InChI=1S/C14H23ClN2O2/c1-3-16-11-12-5-4-6-13(15)14(12)17(7-9-18)8-10-19-2/h4-6,16,18H,3,7-11H2,1-2H3. The van der Waals surface area contributed by atoms with Crippen LogP contribution in [0.15, 0.2) is 18.2 Å². The maximum atomic E-state index is 9.21. The van der Waals surface area contributed by atoms with Crippen LogP contribution in [-0.2, 0) is 11.3 Å². The average Bonchev–Trinajstić information content (AvgIpc) is 2.41. The van der Waals surface area contributed by atoms with Gasteiger partial charge in [-0.25, -0.2) is 0 Å². The molecule has 108 valence electrons. The van der Waals surface area contributed by atoms with Crippen molar-refractivity contribution in [2.24, 2.45) is 0 Å². The Morgan fingerprint density at radius 1 is 1.37 bits per heavy atom. The summed E-state index contributed by atoms with van der Waals surface area (Å²) in [4.78, 5) is 2.07. The van der Waals surface area contributed by atoms with E-state index < -0.39 is 0 Å². The van der Waals surface area contributed by atoms with E-state index in [0.29, 0.717) is 24.7 Å². The molecule has 1 rings (SSSR count). The van der Waals surface area contributed by atoms with Gasteiger partial charge in [0.05, 0.1) is 23.9 Å². The maximum Gasteiger partial charge on any atom is 0.0642 e. The van der Waals surface area contributed by atoms with Gasteiger partial charge in [-0.1, -0.05) is 30.7 Å². The lowest BCUT2D eigenvalue weighted by molar-refractivity contribution is 0.203. The van der Waals surface area contributed by atoms with Crippen LogP contribution in [0.1, 0.15) is 12.5 Å². The smallest absolute Gasteiger partial charge is 0.0642 e. The van der Waals surface area contributed by atoms with Crippen LogP contribution in [0.4, 0.5) is 5.69 Å². The molecule has 0 aliphatic carbocycles. The van der Waals surface area contributed by atoms with E-state index in [-0.39, 0.29) is 6.61 Å². The number of methoxy groups -OCH3 is 1. The van der Waals surface area contributed by atoms with Crippen molar-refractivity contribution in [1.29, 1.82) is 0 Å². The second-order valence-corrected chi connectivity index (χ2v) is 4.64. The molecule has 0 saturated carbocycles. The number of hydrogen-bond acceptors (Lipinski definition) is 4. The van der Waals surface area contributed by atoms with Gasteiger partial charge in [0, 0.05) is 26.7 Å². The molecule has 2 N–H and O–H groups in total. The molecule has 1 aromatic rings. The molecule has 5 heteroatoms. The Balaban J connectivity index is 2.97. The number of halogens is 1. The normalized spacial score (nSPS) is 10.7. The van der Waals surface area contributed by atoms with Crippen molar-refractivity contribution in [2.45, 2.75) is 13.5 Å². The zero-order valence-corrected chi connectivity index (χ0v) is 12.4. The van der Waals surface area contributed by atoms with Crippen molar-refractivity contribution in [3.8, 4) is 0 Å². The van der Waals surface area contributed by atoms with Gasteiger partial charge in [-0.05, 0) is 18.2 Å². The van der Waals surface area contributed by atoms with Gasteiger partial charge in [0.2, 0.25) is 0 Å². The SMILES string of the molecule is CCNCc1cccc(Cl)c1N(CCO)CCOC. The predicted octanol–water partition coefficient (Wildman–Crippen LogP) is 1.89. The second-order valence-electron chi connectivity index (χ2n) is 4.23. The fourth-order valence-corrected chi connectivity index (χ4v) is 2.29. The van der Waals surface area contributed by atoms with Crippen molar-refractivity contribution in [3.05, 3.63) is 28.8 Å². The van der Waals surface area contributed by atoms with E-state index in [1.54, 1.807) is 7.11 Å². The summed E-state index contributed by atoms with van der Waals surface area (Å²) in [6.07, 6.45) is 0. The Kier molecular flexibility index (Phi) is 7.82. The van der Waals surface area contributed by atoms with Crippen LogP contribution in [0.25, 0.3) is 0 Å². The Bertz CT molecular complexity index is 374. The molecular formula is C14H23ClN2O2. The molecule has 0 heterocycles. The topological polar surface area (TPSA) is 44.7 Å². The maximum absolute atomic E-state index is 9.21. The monoisotopic (exact) mass is 286 g/mol. The van der Waals surface area contributed by atoms with E-state index >= 15 is 0 Å². The van der Waals surface area contributed by atoms with Gasteiger partial charge >= 0.3 is 0 Å². The predicted molar refractivity (Wildman–Crippen MR) is 80.0 cm³/mol. The molecule has 0 amide bonds. The van der Waals surface area contributed by atoms with Crippen LogP contribution in [-0.4, -0.2) is 45.1 Å². The number of aliphatic hydroxyl groups excluding tert-OH is 1. The first-order chi connectivity index (χ1) is 9.24. The molecular weight excluding hydrogens is 264 g/mol. The number of rotatable bonds is 9. The van der Waals surface area contributed by atoms with Crippen molar-refractivity contribution in [3.63, 3.8) is 0 Å². The highest BCUT2D eigenvalue weighted by atomic mass is 35.5. The van der Waals surface area contributed by atoms with Crippen LogP contribution in [0.5, 0.6) is 0 Å². The van der Waals surface area contributed by atoms with Gasteiger partial charge in [-0.15, -0.1) is 0 Å². The van der Waals surface area contributed by atoms with E-state index in [4.69, 9.17) is 16.3 Å². The van der Waals surface area contributed by atoms with Gasteiger partial charge in [0.15, 0.2) is 0 Å². The molecule has 4 nitrogen and oxygen atoms in total. The number of benzene rings is 1. The number of aliphatic hydroxyl groups is 1. The molecule has 0 fully saturated rings. The lowest BCUT2D eigenvalue weighted by Crippen LogP contribution is -2.31. The highest BCUT2D eigenvalue weighted by molar-refractivity contribution is 6.33. The van der Waals surface area contributed by atoms with Crippen LogP contribution in [0.2, 0.25) is 5.02 Å². The van der Waals surface area contributed by atoms with E-state index in [1.165, 1.54) is 0 Å². The first kappa shape index (κ1) is 16.2. The lowest BCUT2D eigenvalue weighted by atomic mass is 10.1. The van der Waals surface area contributed by atoms with Crippen molar-refractivity contribution < 1.29 is 9.84 Å². The minimum atomic E-state index is 0.0928. The highest BCUT2D eigenvalue weighted by Crippen LogP contribution is 2.29. The van der Waals surface area contributed by atoms with Gasteiger partial charge in [0.25, 0.3) is 0 Å². The van der Waals surface area contributed by atoms with Crippen LogP contribution < -0.4 is 10.2 Å². The quantitative estimate of drug-likeness (QED) is 0.728. The first-order valence-corrected chi connectivity index (χ1v) is 6.95. The summed E-state index contributed by atoms with van der Waals surface area (Å²) in [7, 11) is 1.67. The Hall–Kier alpha value is -0.810. The fraction of sp³-hybridized carbons (Fsp3) is 0.571. The zero-order chi connectivity index (χ0) is 14.1. The summed E-state index contributed by atoms with van der Waals surface area (Å²) in [5, 5.41) is 13.2. The average molecular weight is 287 g/mol. The summed E-state index contributed by atoms with van der Waals surface area (Å²) >= 11 is 6.33. The highest BCUT2D eigenvalue weighted by Gasteiger charge is 2.14.